The Morgan fingerprint density at radius 2 is 2.13 bits per heavy atom. The molecule has 2 atom stereocenters. The van der Waals surface area contributed by atoms with Crippen molar-refractivity contribution in [3.8, 4) is 0 Å². The number of carboxylic acid groups (broad SMARTS) is 1. The molecule has 0 bridgehead atoms. The highest BCUT2D eigenvalue weighted by Gasteiger charge is 2.31. The lowest BCUT2D eigenvalue weighted by molar-refractivity contribution is -0.150. The molecule has 5 heteroatoms. The summed E-state index contributed by atoms with van der Waals surface area (Å²) in [6.07, 6.45) is 3.12. The molecular formula is C10H12O5. The lowest BCUT2D eigenvalue weighted by Crippen LogP contribution is -2.36. The Morgan fingerprint density at radius 3 is 2.60 bits per heavy atom. The van der Waals surface area contributed by atoms with Crippen LogP contribution >= 0.6 is 0 Å². The molecule has 0 saturated heterocycles. The summed E-state index contributed by atoms with van der Waals surface area (Å²) in [5.41, 5.74) is 0.0752. The molecule has 0 radical (unpaired) electrons. The van der Waals surface area contributed by atoms with E-state index in [1.54, 1.807) is 6.08 Å². The minimum absolute atomic E-state index is 0.0752. The minimum Gasteiger partial charge on any atom is -0.478 e. The van der Waals surface area contributed by atoms with Crippen LogP contribution in [-0.2, 0) is 19.1 Å². The number of carboxylic acids is 1. The number of carbonyl (C=O) groups excluding carboxylic acids is 1. The third-order valence-corrected chi connectivity index (χ3v) is 1.98. The van der Waals surface area contributed by atoms with Crippen molar-refractivity contribution >= 4 is 11.9 Å². The van der Waals surface area contributed by atoms with Crippen LogP contribution in [0.4, 0.5) is 0 Å². The molecule has 0 aliphatic heterocycles. The highest BCUT2D eigenvalue weighted by Crippen LogP contribution is 2.19. The van der Waals surface area contributed by atoms with Gasteiger partial charge in [-0.15, -0.1) is 0 Å². The molecule has 0 spiro atoms. The SMILES string of the molecule is CO[C@H]1C(C(=O)O)=CC=C[C@@H]1OC(C)=O. The van der Waals surface area contributed by atoms with Crippen LogP contribution < -0.4 is 0 Å². The first-order valence-corrected chi connectivity index (χ1v) is 4.38. The number of allylic oxidation sites excluding steroid dienone is 2. The van der Waals surface area contributed by atoms with Gasteiger partial charge in [0, 0.05) is 14.0 Å². The summed E-state index contributed by atoms with van der Waals surface area (Å²) in [6.45, 7) is 1.26. The molecule has 0 heterocycles. The van der Waals surface area contributed by atoms with Crippen molar-refractivity contribution in [1.82, 2.24) is 0 Å². The van der Waals surface area contributed by atoms with Crippen LogP contribution in [0.3, 0.4) is 0 Å². The molecule has 0 unspecified atom stereocenters. The van der Waals surface area contributed by atoms with Crippen LogP contribution in [0.15, 0.2) is 23.8 Å². The molecule has 0 aromatic rings. The Bertz CT molecular complexity index is 329. The Labute approximate surface area is 87.0 Å². The highest BCUT2D eigenvalue weighted by molar-refractivity contribution is 5.89. The lowest BCUT2D eigenvalue weighted by atomic mass is 9.99. The summed E-state index contributed by atoms with van der Waals surface area (Å²) in [6, 6.07) is 0. The Hall–Kier alpha value is -1.62. The van der Waals surface area contributed by atoms with Crippen LogP contribution in [0.25, 0.3) is 0 Å². The monoisotopic (exact) mass is 212 g/mol. The molecule has 1 aliphatic rings. The van der Waals surface area contributed by atoms with Gasteiger partial charge in [-0.3, -0.25) is 4.79 Å². The van der Waals surface area contributed by atoms with E-state index in [0.29, 0.717) is 0 Å². The van der Waals surface area contributed by atoms with Crippen molar-refractivity contribution in [1.29, 1.82) is 0 Å². The number of ether oxygens (including phenoxy) is 2. The van der Waals surface area contributed by atoms with Crippen LogP contribution in [0, 0.1) is 0 Å². The molecule has 0 saturated carbocycles. The summed E-state index contributed by atoms with van der Waals surface area (Å²) in [4.78, 5) is 21.6. The van der Waals surface area contributed by atoms with Crippen molar-refractivity contribution in [2.24, 2.45) is 0 Å². The maximum atomic E-state index is 10.8. The molecule has 0 aromatic heterocycles. The third-order valence-electron chi connectivity index (χ3n) is 1.98. The molecule has 1 aliphatic carbocycles. The average molecular weight is 212 g/mol. The Morgan fingerprint density at radius 1 is 1.47 bits per heavy atom. The van der Waals surface area contributed by atoms with Gasteiger partial charge in [0.2, 0.25) is 0 Å². The van der Waals surface area contributed by atoms with Gasteiger partial charge in [-0.2, -0.15) is 0 Å². The standard InChI is InChI=1S/C10H12O5/c1-6(11)15-8-5-3-4-7(10(12)13)9(8)14-2/h3-5,8-9H,1-2H3,(H,12,13)/t8-,9-/m0/s1. The van der Waals surface area contributed by atoms with E-state index in [-0.39, 0.29) is 5.57 Å². The summed E-state index contributed by atoms with van der Waals surface area (Å²) in [5, 5.41) is 8.87. The second-order valence-electron chi connectivity index (χ2n) is 3.04. The van der Waals surface area contributed by atoms with E-state index in [1.807, 2.05) is 0 Å². The normalized spacial score (nSPS) is 24.5. The van der Waals surface area contributed by atoms with Gasteiger partial charge in [-0.25, -0.2) is 4.79 Å². The second-order valence-corrected chi connectivity index (χ2v) is 3.04. The number of methoxy groups -OCH3 is 1. The summed E-state index contributed by atoms with van der Waals surface area (Å²) < 4.78 is 9.92. The molecular weight excluding hydrogens is 200 g/mol. The van der Waals surface area contributed by atoms with Crippen molar-refractivity contribution in [2.45, 2.75) is 19.1 Å². The molecule has 0 fully saturated rings. The first-order valence-electron chi connectivity index (χ1n) is 4.38. The third kappa shape index (κ3) is 2.66. The van der Waals surface area contributed by atoms with Gasteiger partial charge in [-0.1, -0.05) is 6.08 Å². The van der Waals surface area contributed by atoms with E-state index in [1.165, 1.54) is 26.2 Å². The maximum Gasteiger partial charge on any atom is 0.334 e. The molecule has 0 aromatic carbocycles. The molecule has 82 valence electrons. The minimum atomic E-state index is -1.08. The van der Waals surface area contributed by atoms with E-state index in [0.717, 1.165) is 0 Å². The summed E-state index contributed by atoms with van der Waals surface area (Å²) >= 11 is 0. The smallest absolute Gasteiger partial charge is 0.334 e. The Kier molecular flexibility index (Phi) is 3.62. The topological polar surface area (TPSA) is 72.8 Å². The van der Waals surface area contributed by atoms with Gasteiger partial charge in [-0.05, 0) is 12.2 Å². The van der Waals surface area contributed by atoms with Crippen LogP contribution in [-0.4, -0.2) is 36.4 Å². The van der Waals surface area contributed by atoms with Gasteiger partial charge < -0.3 is 14.6 Å². The predicted molar refractivity (Wildman–Crippen MR) is 51.2 cm³/mol. The zero-order chi connectivity index (χ0) is 11.4. The van der Waals surface area contributed by atoms with Gasteiger partial charge >= 0.3 is 11.9 Å². The number of rotatable bonds is 3. The highest BCUT2D eigenvalue weighted by atomic mass is 16.6. The van der Waals surface area contributed by atoms with Crippen molar-refractivity contribution in [3.63, 3.8) is 0 Å². The number of hydrogen-bond donors (Lipinski definition) is 1. The van der Waals surface area contributed by atoms with Crippen LogP contribution in [0.1, 0.15) is 6.92 Å². The maximum absolute atomic E-state index is 10.8. The number of carbonyl (C=O) groups is 2. The van der Waals surface area contributed by atoms with Gasteiger partial charge in [0.1, 0.15) is 6.10 Å². The summed E-state index contributed by atoms with van der Waals surface area (Å²) in [5.74, 6) is -1.55. The fraction of sp³-hybridized carbons (Fsp3) is 0.400. The lowest BCUT2D eigenvalue weighted by Gasteiger charge is -2.25. The van der Waals surface area contributed by atoms with E-state index < -0.39 is 24.1 Å². The molecule has 1 rings (SSSR count). The van der Waals surface area contributed by atoms with Crippen molar-refractivity contribution < 1.29 is 24.2 Å². The summed E-state index contributed by atoms with van der Waals surface area (Å²) in [7, 11) is 1.37. The van der Waals surface area contributed by atoms with E-state index in [9.17, 15) is 9.59 Å². The fourth-order valence-corrected chi connectivity index (χ4v) is 1.39. The number of aliphatic carboxylic acids is 1. The van der Waals surface area contributed by atoms with Gasteiger partial charge in [0.15, 0.2) is 6.10 Å². The predicted octanol–water partition coefficient (Wildman–Crippen LogP) is 0.514. The van der Waals surface area contributed by atoms with E-state index in [4.69, 9.17) is 14.6 Å². The zero-order valence-corrected chi connectivity index (χ0v) is 8.47. The van der Waals surface area contributed by atoms with Gasteiger partial charge in [0.05, 0.1) is 5.57 Å². The average Bonchev–Trinajstić information content (AvgIpc) is 2.16. The largest absolute Gasteiger partial charge is 0.478 e. The Balaban J connectivity index is 2.86. The van der Waals surface area contributed by atoms with Crippen LogP contribution in [0.2, 0.25) is 0 Å². The fourth-order valence-electron chi connectivity index (χ4n) is 1.39. The molecule has 5 nitrogen and oxygen atoms in total. The van der Waals surface area contributed by atoms with Gasteiger partial charge in [0.25, 0.3) is 0 Å². The van der Waals surface area contributed by atoms with E-state index in [2.05, 4.69) is 0 Å². The molecule has 1 N–H and O–H groups in total. The quantitative estimate of drug-likeness (QED) is 0.690. The van der Waals surface area contributed by atoms with E-state index >= 15 is 0 Å². The second kappa shape index (κ2) is 4.75. The van der Waals surface area contributed by atoms with Crippen molar-refractivity contribution in [2.75, 3.05) is 7.11 Å². The number of esters is 1. The zero-order valence-electron chi connectivity index (χ0n) is 8.47. The first-order chi connectivity index (χ1) is 7.06. The van der Waals surface area contributed by atoms with Crippen LogP contribution in [0.5, 0.6) is 0 Å². The molecule has 15 heavy (non-hydrogen) atoms. The number of hydrogen-bond acceptors (Lipinski definition) is 4. The molecule has 0 amide bonds. The van der Waals surface area contributed by atoms with Crippen molar-refractivity contribution in [3.05, 3.63) is 23.8 Å². The first kappa shape index (κ1) is 11.5.